The molecule has 122 valence electrons. The van der Waals surface area contributed by atoms with Crippen molar-refractivity contribution in [3.8, 4) is 0 Å². The summed E-state index contributed by atoms with van der Waals surface area (Å²) in [6.07, 6.45) is 9.38. The minimum absolute atomic E-state index is 0.350. The number of nitrogens with zero attached hydrogens (tertiary/aromatic N) is 2. The van der Waals surface area contributed by atoms with E-state index >= 15 is 0 Å². The Morgan fingerprint density at radius 2 is 1.86 bits per heavy atom. The number of carbonyl (C=O) groups excluding carboxylic acids is 1. The van der Waals surface area contributed by atoms with Crippen LogP contribution in [0.25, 0.3) is 0 Å². The van der Waals surface area contributed by atoms with Crippen LogP contribution in [0.3, 0.4) is 0 Å². The summed E-state index contributed by atoms with van der Waals surface area (Å²) in [5.41, 5.74) is 0. The summed E-state index contributed by atoms with van der Waals surface area (Å²) >= 11 is 0. The summed E-state index contributed by atoms with van der Waals surface area (Å²) in [4.78, 5) is 16.8. The van der Waals surface area contributed by atoms with Crippen molar-refractivity contribution < 1.29 is 4.79 Å². The minimum atomic E-state index is 0.350. The van der Waals surface area contributed by atoms with Crippen LogP contribution in [-0.4, -0.2) is 61.0 Å². The molecule has 21 heavy (non-hydrogen) atoms. The van der Waals surface area contributed by atoms with Crippen LogP contribution in [0.4, 0.5) is 0 Å². The monoisotopic (exact) mass is 295 g/mol. The van der Waals surface area contributed by atoms with Crippen molar-refractivity contribution in [3.63, 3.8) is 0 Å². The molecule has 1 amide bonds. The summed E-state index contributed by atoms with van der Waals surface area (Å²) in [5, 5.41) is 3.62. The lowest BCUT2D eigenvalue weighted by atomic mass is 10.1. The van der Waals surface area contributed by atoms with Crippen molar-refractivity contribution in [2.45, 2.75) is 64.3 Å². The Kier molecular flexibility index (Phi) is 7.51. The molecular formula is C17H33N3O. The lowest BCUT2D eigenvalue weighted by Gasteiger charge is -2.27. The Bertz CT molecular complexity index is 302. The van der Waals surface area contributed by atoms with Gasteiger partial charge < -0.3 is 15.1 Å². The average molecular weight is 295 g/mol. The van der Waals surface area contributed by atoms with E-state index in [9.17, 15) is 4.79 Å². The number of rotatable bonds is 6. The van der Waals surface area contributed by atoms with Gasteiger partial charge >= 0.3 is 0 Å². The molecule has 0 aromatic heterocycles. The van der Waals surface area contributed by atoms with Gasteiger partial charge in [-0.2, -0.15) is 0 Å². The van der Waals surface area contributed by atoms with E-state index in [4.69, 9.17) is 0 Å². The Hall–Kier alpha value is -0.610. The van der Waals surface area contributed by atoms with Crippen molar-refractivity contribution in [2.24, 2.45) is 0 Å². The second-order valence-corrected chi connectivity index (χ2v) is 6.62. The Morgan fingerprint density at radius 3 is 2.62 bits per heavy atom. The first-order chi connectivity index (χ1) is 10.3. The lowest BCUT2D eigenvalue weighted by molar-refractivity contribution is -0.132. The maximum Gasteiger partial charge on any atom is 0.223 e. The average Bonchev–Trinajstić information content (AvgIpc) is 2.74. The van der Waals surface area contributed by atoms with Gasteiger partial charge in [-0.05, 0) is 64.6 Å². The zero-order chi connectivity index (χ0) is 14.9. The van der Waals surface area contributed by atoms with E-state index in [1.165, 1.54) is 64.6 Å². The van der Waals surface area contributed by atoms with Crippen LogP contribution < -0.4 is 5.32 Å². The molecular weight excluding hydrogens is 262 g/mol. The zero-order valence-electron chi connectivity index (χ0n) is 13.8. The fourth-order valence-corrected chi connectivity index (χ4v) is 3.58. The van der Waals surface area contributed by atoms with Crippen molar-refractivity contribution >= 4 is 5.91 Å². The van der Waals surface area contributed by atoms with Gasteiger partial charge in [-0.25, -0.2) is 0 Å². The third kappa shape index (κ3) is 5.95. The van der Waals surface area contributed by atoms with Gasteiger partial charge in [0.1, 0.15) is 0 Å². The van der Waals surface area contributed by atoms with E-state index in [0.717, 1.165) is 19.6 Å². The summed E-state index contributed by atoms with van der Waals surface area (Å²) in [5.74, 6) is 0.350. The van der Waals surface area contributed by atoms with Gasteiger partial charge in [0, 0.05) is 32.1 Å². The topological polar surface area (TPSA) is 35.6 Å². The lowest BCUT2D eigenvalue weighted by Crippen LogP contribution is -2.38. The fourth-order valence-electron chi connectivity index (χ4n) is 3.58. The third-order valence-electron chi connectivity index (χ3n) is 4.84. The molecule has 0 aromatic carbocycles. The minimum Gasteiger partial charge on any atom is -0.343 e. The van der Waals surface area contributed by atoms with Crippen molar-refractivity contribution in [2.75, 3.05) is 39.3 Å². The smallest absolute Gasteiger partial charge is 0.223 e. The molecule has 2 fully saturated rings. The maximum atomic E-state index is 12.1. The standard InChI is InChI=1S/C17H33N3O/c1-2-11-19-12-6-7-16(9-15-19)18-10-8-17(21)20-13-4-3-5-14-20/h16,18H,2-15H2,1H3. The molecule has 4 heteroatoms. The molecule has 0 radical (unpaired) electrons. The number of hydrogen-bond donors (Lipinski definition) is 1. The first-order valence-corrected chi connectivity index (χ1v) is 9.03. The number of nitrogens with one attached hydrogen (secondary N) is 1. The molecule has 0 bridgehead atoms. The predicted molar refractivity (Wildman–Crippen MR) is 87.4 cm³/mol. The number of amides is 1. The number of piperidine rings is 1. The quantitative estimate of drug-likeness (QED) is 0.816. The number of carbonyl (C=O) groups is 1. The fraction of sp³-hybridized carbons (Fsp3) is 0.941. The van der Waals surface area contributed by atoms with Crippen LogP contribution in [-0.2, 0) is 4.79 Å². The molecule has 1 N–H and O–H groups in total. The zero-order valence-corrected chi connectivity index (χ0v) is 13.8. The molecule has 1 unspecified atom stereocenters. The SMILES string of the molecule is CCCN1CCCC(NCCC(=O)N2CCCCC2)CC1. The third-order valence-corrected chi connectivity index (χ3v) is 4.84. The van der Waals surface area contributed by atoms with E-state index in [-0.39, 0.29) is 0 Å². The molecule has 0 spiro atoms. The largest absolute Gasteiger partial charge is 0.343 e. The highest BCUT2D eigenvalue weighted by Gasteiger charge is 2.18. The van der Waals surface area contributed by atoms with Crippen molar-refractivity contribution in [3.05, 3.63) is 0 Å². The Labute approximate surface area is 130 Å². The highest BCUT2D eigenvalue weighted by Crippen LogP contribution is 2.12. The van der Waals surface area contributed by atoms with Crippen molar-refractivity contribution in [1.82, 2.24) is 15.1 Å². The molecule has 1 atom stereocenters. The first-order valence-electron chi connectivity index (χ1n) is 9.03. The second-order valence-electron chi connectivity index (χ2n) is 6.62. The highest BCUT2D eigenvalue weighted by atomic mass is 16.2. The van der Waals surface area contributed by atoms with E-state index in [1.807, 2.05) is 0 Å². The van der Waals surface area contributed by atoms with Gasteiger partial charge in [0.15, 0.2) is 0 Å². The van der Waals surface area contributed by atoms with Crippen molar-refractivity contribution in [1.29, 1.82) is 0 Å². The first kappa shape index (κ1) is 16.8. The molecule has 0 aromatic rings. The summed E-state index contributed by atoms with van der Waals surface area (Å²) in [6.45, 7) is 8.77. The molecule has 2 saturated heterocycles. The van der Waals surface area contributed by atoms with E-state index < -0.39 is 0 Å². The molecule has 0 saturated carbocycles. The summed E-state index contributed by atoms with van der Waals surface area (Å²) in [7, 11) is 0. The molecule has 4 nitrogen and oxygen atoms in total. The van der Waals surface area contributed by atoms with E-state index in [1.54, 1.807) is 0 Å². The van der Waals surface area contributed by atoms with Crippen LogP contribution in [0.1, 0.15) is 58.3 Å². The molecule has 2 rings (SSSR count). The Morgan fingerprint density at radius 1 is 1.05 bits per heavy atom. The maximum absolute atomic E-state index is 12.1. The van der Waals surface area contributed by atoms with Crippen LogP contribution >= 0.6 is 0 Å². The van der Waals surface area contributed by atoms with Gasteiger partial charge in [0.05, 0.1) is 0 Å². The van der Waals surface area contributed by atoms with Crippen LogP contribution in [0.5, 0.6) is 0 Å². The molecule has 2 aliphatic rings. The molecule has 2 heterocycles. The van der Waals surface area contributed by atoms with E-state index in [2.05, 4.69) is 22.0 Å². The van der Waals surface area contributed by atoms with Gasteiger partial charge in [-0.3, -0.25) is 4.79 Å². The predicted octanol–water partition coefficient (Wildman–Crippen LogP) is 2.24. The Balaban J connectivity index is 1.60. The van der Waals surface area contributed by atoms with Crippen LogP contribution in [0, 0.1) is 0 Å². The van der Waals surface area contributed by atoms with Gasteiger partial charge in [0.25, 0.3) is 0 Å². The van der Waals surface area contributed by atoms with Gasteiger partial charge in [-0.15, -0.1) is 0 Å². The number of likely N-dealkylation sites (tertiary alicyclic amines) is 2. The normalized spacial score (nSPS) is 24.8. The molecule has 2 aliphatic heterocycles. The highest BCUT2D eigenvalue weighted by molar-refractivity contribution is 5.76. The summed E-state index contributed by atoms with van der Waals surface area (Å²) < 4.78 is 0. The van der Waals surface area contributed by atoms with Crippen LogP contribution in [0.15, 0.2) is 0 Å². The summed E-state index contributed by atoms with van der Waals surface area (Å²) in [6, 6.07) is 0.612. The molecule has 0 aliphatic carbocycles. The van der Waals surface area contributed by atoms with E-state index in [0.29, 0.717) is 18.4 Å². The van der Waals surface area contributed by atoms with Gasteiger partial charge in [-0.1, -0.05) is 6.92 Å². The number of hydrogen-bond acceptors (Lipinski definition) is 3. The van der Waals surface area contributed by atoms with Gasteiger partial charge in [0.2, 0.25) is 5.91 Å². The second kappa shape index (κ2) is 9.42. The van der Waals surface area contributed by atoms with Crippen LogP contribution in [0.2, 0.25) is 0 Å².